The third kappa shape index (κ3) is 7.74. The Morgan fingerprint density at radius 1 is 1.27 bits per heavy atom. The number of allylic oxidation sites excluding steroid dienone is 1. The van der Waals surface area contributed by atoms with Gasteiger partial charge in [-0.2, -0.15) is 18.2 Å². The van der Waals surface area contributed by atoms with Crippen LogP contribution in [0.25, 0.3) is 11.4 Å². The lowest BCUT2D eigenvalue weighted by molar-refractivity contribution is -0.192. The molecule has 2 aliphatic carbocycles. The fraction of sp³-hybridized carbons (Fsp3) is 0.522. The molecule has 14 heteroatoms. The Kier molecular flexibility index (Phi) is 9.01. The molecule has 2 fully saturated rings. The molecule has 2 saturated carbocycles. The van der Waals surface area contributed by atoms with E-state index < -0.39 is 33.9 Å². The number of aliphatic carboxylic acids is 1. The van der Waals surface area contributed by atoms with E-state index in [1.807, 2.05) is 0 Å². The van der Waals surface area contributed by atoms with Gasteiger partial charge in [-0.3, -0.25) is 0 Å². The molecule has 1 aromatic heterocycles. The van der Waals surface area contributed by atoms with Gasteiger partial charge in [0, 0.05) is 11.8 Å². The number of sulfone groups is 1. The Hall–Kier alpha value is -2.51. The van der Waals surface area contributed by atoms with Crippen molar-refractivity contribution in [2.24, 2.45) is 11.7 Å². The first kappa shape index (κ1) is 29.1. The van der Waals surface area contributed by atoms with E-state index in [1.165, 1.54) is 12.1 Å². The average Bonchev–Trinajstić information content (AvgIpc) is 3.25. The van der Waals surface area contributed by atoms with Crippen molar-refractivity contribution < 1.29 is 40.4 Å². The molecule has 4 rings (SSSR count). The van der Waals surface area contributed by atoms with Crippen LogP contribution in [0.5, 0.6) is 0 Å². The van der Waals surface area contributed by atoms with Crippen LogP contribution in [0.1, 0.15) is 56.8 Å². The zero-order valence-electron chi connectivity index (χ0n) is 19.8. The maximum atomic E-state index is 15.0. The molecule has 2 atom stereocenters. The van der Waals surface area contributed by atoms with Crippen LogP contribution in [0, 0.1) is 5.92 Å². The van der Waals surface area contributed by atoms with Gasteiger partial charge < -0.3 is 15.4 Å². The Bertz CT molecular complexity index is 1270. The molecule has 8 nitrogen and oxygen atoms in total. The van der Waals surface area contributed by atoms with Gasteiger partial charge in [-0.25, -0.2) is 17.6 Å². The molecule has 37 heavy (non-hydrogen) atoms. The first-order valence-electron chi connectivity index (χ1n) is 11.4. The zero-order valence-corrected chi connectivity index (χ0v) is 21.3. The van der Waals surface area contributed by atoms with E-state index in [4.69, 9.17) is 31.8 Å². The van der Waals surface area contributed by atoms with E-state index >= 15 is 4.39 Å². The summed E-state index contributed by atoms with van der Waals surface area (Å²) >= 11 is 6.27. The highest BCUT2D eigenvalue weighted by atomic mass is 35.5. The highest BCUT2D eigenvalue weighted by Gasteiger charge is 2.38. The van der Waals surface area contributed by atoms with Crippen LogP contribution < -0.4 is 5.73 Å². The third-order valence-electron chi connectivity index (χ3n) is 6.17. The normalized spacial score (nSPS) is 17.6. The van der Waals surface area contributed by atoms with Gasteiger partial charge >= 0.3 is 12.1 Å². The lowest BCUT2D eigenvalue weighted by Gasteiger charge is -2.20. The molecule has 0 aliphatic heterocycles. The second kappa shape index (κ2) is 11.5. The minimum Gasteiger partial charge on any atom is -0.475 e. The first-order valence-corrected chi connectivity index (χ1v) is 13.7. The van der Waals surface area contributed by atoms with E-state index in [2.05, 4.69) is 10.1 Å². The number of hydrogen-bond donors (Lipinski definition) is 2. The largest absolute Gasteiger partial charge is 0.490 e. The summed E-state index contributed by atoms with van der Waals surface area (Å²) < 4.78 is 75.7. The first-order chi connectivity index (χ1) is 17.2. The number of benzene rings is 1. The quantitative estimate of drug-likeness (QED) is 0.422. The van der Waals surface area contributed by atoms with Crippen LogP contribution in [-0.4, -0.2) is 48.1 Å². The number of alkyl halides is 3. The minimum atomic E-state index is -5.08. The molecule has 204 valence electrons. The van der Waals surface area contributed by atoms with E-state index in [1.54, 1.807) is 6.07 Å². The lowest BCUT2D eigenvalue weighted by atomic mass is 9.91. The topological polar surface area (TPSA) is 136 Å². The van der Waals surface area contributed by atoms with Gasteiger partial charge in [0.25, 0.3) is 0 Å². The highest BCUT2D eigenvalue weighted by Crippen LogP contribution is 2.42. The summed E-state index contributed by atoms with van der Waals surface area (Å²) in [6.07, 6.45) is 2.43. The van der Waals surface area contributed by atoms with Crippen LogP contribution in [0.4, 0.5) is 17.6 Å². The van der Waals surface area contributed by atoms with Crippen molar-refractivity contribution in [2.75, 3.05) is 6.26 Å². The molecule has 2 aliphatic rings. The monoisotopic (exact) mass is 567 g/mol. The van der Waals surface area contributed by atoms with Gasteiger partial charge in [-0.05, 0) is 61.8 Å². The number of hydrogen-bond acceptors (Lipinski definition) is 7. The van der Waals surface area contributed by atoms with Crippen LogP contribution in [-0.2, 0) is 14.6 Å². The second-order valence-electron chi connectivity index (χ2n) is 9.14. The van der Waals surface area contributed by atoms with Crippen LogP contribution in [0.3, 0.4) is 0 Å². The predicted molar refractivity (Wildman–Crippen MR) is 126 cm³/mol. The smallest absolute Gasteiger partial charge is 0.475 e. The zero-order chi connectivity index (χ0) is 27.5. The summed E-state index contributed by atoms with van der Waals surface area (Å²) in [5.74, 6) is -2.38. The van der Waals surface area contributed by atoms with Crippen LogP contribution in [0.15, 0.2) is 39.0 Å². The van der Waals surface area contributed by atoms with Crippen molar-refractivity contribution >= 4 is 27.4 Å². The van der Waals surface area contributed by atoms with E-state index in [0.29, 0.717) is 23.8 Å². The summed E-state index contributed by atoms with van der Waals surface area (Å²) in [5.41, 5.74) is 7.60. The van der Waals surface area contributed by atoms with Crippen molar-refractivity contribution in [3.05, 3.63) is 40.5 Å². The molecule has 0 unspecified atom stereocenters. The molecule has 0 spiro atoms. The highest BCUT2D eigenvalue weighted by molar-refractivity contribution is 7.90. The van der Waals surface area contributed by atoms with Crippen molar-refractivity contribution in [2.45, 2.75) is 68.0 Å². The number of halogens is 5. The molecule has 1 heterocycles. The van der Waals surface area contributed by atoms with Crippen molar-refractivity contribution in [3.8, 4) is 11.4 Å². The second-order valence-corrected chi connectivity index (χ2v) is 11.6. The maximum Gasteiger partial charge on any atom is 0.490 e. The van der Waals surface area contributed by atoms with Crippen molar-refractivity contribution in [1.29, 1.82) is 0 Å². The summed E-state index contributed by atoms with van der Waals surface area (Å²) in [5, 5.41) is 11.3. The maximum absolute atomic E-state index is 15.0. The molecule has 1 aromatic carbocycles. The number of aromatic nitrogens is 2. The molecular weight excluding hydrogens is 542 g/mol. The number of rotatable bonds is 7. The van der Waals surface area contributed by atoms with Crippen molar-refractivity contribution in [3.63, 3.8) is 0 Å². The van der Waals surface area contributed by atoms with Gasteiger partial charge in [0.15, 0.2) is 9.84 Å². The van der Waals surface area contributed by atoms with Gasteiger partial charge in [-0.1, -0.05) is 29.6 Å². The third-order valence-corrected chi connectivity index (χ3v) is 7.59. The van der Waals surface area contributed by atoms with Gasteiger partial charge in [-0.15, -0.1) is 0 Å². The summed E-state index contributed by atoms with van der Waals surface area (Å²) in [4.78, 5) is 13.5. The molecule has 0 saturated heterocycles. The molecule has 2 aromatic rings. The van der Waals surface area contributed by atoms with Crippen molar-refractivity contribution in [1.82, 2.24) is 10.1 Å². The van der Waals surface area contributed by atoms with Gasteiger partial charge in [0.2, 0.25) is 11.7 Å². The average molecular weight is 568 g/mol. The molecular formula is C23H26ClF4N3O5S. The Balaban J connectivity index is 0.000000479. The molecule has 0 bridgehead atoms. The van der Waals surface area contributed by atoms with Gasteiger partial charge in [0.1, 0.15) is 5.83 Å². The Morgan fingerprint density at radius 3 is 2.35 bits per heavy atom. The summed E-state index contributed by atoms with van der Waals surface area (Å²) in [6, 6.07) is 3.55. The fourth-order valence-electron chi connectivity index (χ4n) is 3.97. The Labute approximate surface area is 215 Å². The van der Waals surface area contributed by atoms with Crippen LogP contribution >= 0.6 is 11.6 Å². The van der Waals surface area contributed by atoms with Crippen LogP contribution in [0.2, 0.25) is 5.02 Å². The Morgan fingerprint density at radius 2 is 1.86 bits per heavy atom. The minimum absolute atomic E-state index is 0.110. The number of nitrogens with two attached hydrogens (primary N) is 1. The summed E-state index contributed by atoms with van der Waals surface area (Å²) in [6.45, 7) is 0. The number of carboxylic acids is 1. The van der Waals surface area contributed by atoms with Gasteiger partial charge in [0.05, 0.1) is 21.9 Å². The summed E-state index contributed by atoms with van der Waals surface area (Å²) in [7, 11) is -3.38. The predicted octanol–water partition coefficient (Wildman–Crippen LogP) is 5.44. The molecule has 0 amide bonds. The molecule has 3 N–H and O–H groups in total. The van der Waals surface area contributed by atoms with E-state index in [0.717, 1.165) is 50.4 Å². The molecule has 0 radical (unpaired) electrons. The number of carbonyl (C=O) groups is 1. The lowest BCUT2D eigenvalue weighted by Crippen LogP contribution is -2.30. The number of nitrogens with zero attached hydrogens (tertiary/aromatic N) is 2. The van der Waals surface area contributed by atoms with E-state index in [9.17, 15) is 21.6 Å². The van der Waals surface area contributed by atoms with E-state index in [-0.39, 0.29) is 21.6 Å². The fourth-order valence-corrected chi connectivity index (χ4v) is 4.95. The standard InChI is InChI=1S/C21H25ClFN3O3S.C2HF3O2/c1-30(27,28)14-8-9-15(17(22)11-14)20-25-21(29-26-20)16(10-12-6-7-12)19(24)18(23)13-4-2-3-5-13;3-2(4,5)1(6)7/h8-9,11-12,16,19H,2-7,10,24H2,1H3;(H,6,7)/t16-,19-;/m0./s1. The number of carboxylic acid groups (broad SMARTS) is 1. The SMILES string of the molecule is CS(=O)(=O)c1ccc(-c2noc([C@@H](CC3CC3)[C@H](N)C(F)=C3CCCC3)n2)c(Cl)c1.O=C(O)C(F)(F)F.